The lowest BCUT2D eigenvalue weighted by Crippen LogP contribution is -2.52. The van der Waals surface area contributed by atoms with E-state index < -0.39 is 53.6 Å². The van der Waals surface area contributed by atoms with Crippen molar-refractivity contribution in [3.8, 4) is 5.75 Å². The van der Waals surface area contributed by atoms with Gasteiger partial charge < -0.3 is 45.1 Å². The highest BCUT2D eigenvalue weighted by atomic mass is 16.5. The molecule has 6 rings (SSSR count). The molecule has 5 N–H and O–H groups in total. The Bertz CT molecular complexity index is 1720. The van der Waals surface area contributed by atoms with Gasteiger partial charge in [0, 0.05) is 24.8 Å². The normalized spacial score (nSPS) is 23.7. The molecule has 3 aromatic rings. The topological polar surface area (TPSA) is 181 Å². The van der Waals surface area contributed by atoms with Crippen molar-refractivity contribution in [3.63, 3.8) is 0 Å². The van der Waals surface area contributed by atoms with Crippen molar-refractivity contribution in [2.24, 2.45) is 11.8 Å². The molecule has 0 radical (unpaired) electrons. The van der Waals surface area contributed by atoms with E-state index in [1.54, 1.807) is 19.9 Å². The lowest BCUT2D eigenvalue weighted by molar-refractivity contribution is -0.136. The first-order chi connectivity index (χ1) is 22.5. The molecule has 0 fully saturated rings. The van der Waals surface area contributed by atoms with E-state index >= 15 is 0 Å². The van der Waals surface area contributed by atoms with E-state index in [0.29, 0.717) is 23.2 Å². The van der Waals surface area contributed by atoms with Crippen molar-refractivity contribution in [2.45, 2.75) is 70.0 Å². The molecule has 2 unspecified atom stereocenters. The van der Waals surface area contributed by atoms with Gasteiger partial charge in [-0.05, 0) is 35.1 Å². The molecule has 3 amide bonds. The van der Waals surface area contributed by atoms with E-state index in [9.17, 15) is 24.3 Å². The number of ether oxygens (including phenoxy) is 2. The standard InChI is InChI=1S/C34H39N5O8/c1-16(2)25-32-39-26(30(43)35-19(14-40)15-45-5)28(47-32)34-20-8-6-7-9-22(20)37-33(34)46-24-11-10-18(12-21(24)34)13-23(29(42)38-25)36-31(44)27(41)17(3)4/h6-12,14,16-17,19,23,25,27,33,37,41H,13,15H2,1-5H3,(H,35,43)(H,36,44)(H,38,42)/t19-,23+,25+,27+,33?,34?/m1/s1. The lowest BCUT2D eigenvalue weighted by Gasteiger charge is -2.29. The van der Waals surface area contributed by atoms with Crippen LogP contribution in [0.3, 0.4) is 0 Å². The largest absolute Gasteiger partial charge is 0.469 e. The van der Waals surface area contributed by atoms with E-state index in [2.05, 4.69) is 21.3 Å². The van der Waals surface area contributed by atoms with Crippen LogP contribution in [0.2, 0.25) is 0 Å². The molecule has 1 aromatic heterocycles. The van der Waals surface area contributed by atoms with Crippen LogP contribution in [-0.4, -0.2) is 72.2 Å². The number of nitrogens with zero attached hydrogens (tertiary/aromatic N) is 1. The number of methoxy groups -OCH3 is 1. The van der Waals surface area contributed by atoms with Gasteiger partial charge in [0.05, 0.1) is 6.61 Å². The fourth-order valence-corrected chi connectivity index (χ4v) is 6.55. The molecule has 3 aliphatic heterocycles. The van der Waals surface area contributed by atoms with Crippen molar-refractivity contribution < 1.29 is 38.2 Å². The zero-order chi connectivity index (χ0) is 33.6. The summed E-state index contributed by atoms with van der Waals surface area (Å²) in [6, 6.07) is 10.3. The van der Waals surface area contributed by atoms with Crippen molar-refractivity contribution in [1.29, 1.82) is 0 Å². The second-order valence-electron chi connectivity index (χ2n) is 12.9. The summed E-state index contributed by atoms with van der Waals surface area (Å²) in [5.41, 5.74) is 1.66. The molecular weight excluding hydrogens is 606 g/mol. The van der Waals surface area contributed by atoms with Crippen molar-refractivity contribution >= 4 is 29.7 Å². The highest BCUT2D eigenvalue weighted by Crippen LogP contribution is 2.58. The van der Waals surface area contributed by atoms with Crippen molar-refractivity contribution in [2.75, 3.05) is 19.0 Å². The second-order valence-corrected chi connectivity index (χ2v) is 12.9. The first-order valence-electron chi connectivity index (χ1n) is 15.7. The van der Waals surface area contributed by atoms with E-state index in [0.717, 1.165) is 11.3 Å². The number of fused-ring (bicyclic) bond motifs is 4. The summed E-state index contributed by atoms with van der Waals surface area (Å²) >= 11 is 0. The molecule has 3 aliphatic rings. The van der Waals surface area contributed by atoms with Crippen LogP contribution in [0, 0.1) is 11.8 Å². The third kappa shape index (κ3) is 5.42. The van der Waals surface area contributed by atoms with Crippen LogP contribution in [0.5, 0.6) is 5.75 Å². The zero-order valence-corrected chi connectivity index (χ0v) is 26.8. The third-order valence-electron chi connectivity index (χ3n) is 8.99. The number of amides is 3. The number of aliphatic hydroxyl groups excluding tert-OH is 1. The second kappa shape index (κ2) is 12.5. The molecule has 47 heavy (non-hydrogen) atoms. The molecule has 1 spiro atoms. The van der Waals surface area contributed by atoms with Crippen LogP contribution in [0.25, 0.3) is 0 Å². The van der Waals surface area contributed by atoms with Crippen LogP contribution in [0.15, 0.2) is 46.9 Å². The summed E-state index contributed by atoms with van der Waals surface area (Å²) in [4.78, 5) is 57.4. The summed E-state index contributed by atoms with van der Waals surface area (Å²) in [6.07, 6.45) is -1.36. The summed E-state index contributed by atoms with van der Waals surface area (Å²) in [7, 11) is 1.42. The Morgan fingerprint density at radius 1 is 1.15 bits per heavy atom. The smallest absolute Gasteiger partial charge is 0.274 e. The Balaban J connectivity index is 1.58. The third-order valence-corrected chi connectivity index (χ3v) is 8.99. The fraction of sp³-hybridized carbons (Fsp3) is 0.441. The highest BCUT2D eigenvalue weighted by molar-refractivity contribution is 5.96. The predicted octanol–water partition coefficient (Wildman–Crippen LogP) is 1.97. The van der Waals surface area contributed by atoms with Gasteiger partial charge in [0.1, 0.15) is 41.7 Å². The van der Waals surface area contributed by atoms with Gasteiger partial charge in [-0.25, -0.2) is 4.98 Å². The monoisotopic (exact) mass is 645 g/mol. The van der Waals surface area contributed by atoms with Gasteiger partial charge in [0.25, 0.3) is 5.91 Å². The summed E-state index contributed by atoms with van der Waals surface area (Å²) < 4.78 is 18.2. The molecule has 0 saturated heterocycles. The number of benzene rings is 2. The first kappa shape index (κ1) is 32.2. The van der Waals surface area contributed by atoms with Gasteiger partial charge in [-0.1, -0.05) is 58.0 Å². The number of carbonyl (C=O) groups excluding carboxylic acids is 4. The molecule has 0 aliphatic carbocycles. The molecular formula is C34H39N5O8. The number of hydrogen-bond donors (Lipinski definition) is 5. The minimum absolute atomic E-state index is 0.0496. The molecule has 2 aromatic carbocycles. The van der Waals surface area contributed by atoms with Gasteiger partial charge in [-0.2, -0.15) is 0 Å². The number of nitrogens with one attached hydrogen (secondary N) is 4. The van der Waals surface area contributed by atoms with Crippen LogP contribution >= 0.6 is 0 Å². The number of aliphatic hydroxyl groups is 1. The number of rotatable bonds is 9. The minimum Gasteiger partial charge on any atom is -0.469 e. The number of para-hydroxylation sites is 1. The van der Waals surface area contributed by atoms with E-state index in [1.807, 2.05) is 50.2 Å². The maximum atomic E-state index is 14.0. The van der Waals surface area contributed by atoms with Crippen LogP contribution in [0.1, 0.15) is 72.6 Å². The quantitative estimate of drug-likeness (QED) is 0.216. The van der Waals surface area contributed by atoms with Crippen LogP contribution in [0.4, 0.5) is 5.69 Å². The van der Waals surface area contributed by atoms with Crippen molar-refractivity contribution in [1.82, 2.24) is 20.9 Å². The van der Waals surface area contributed by atoms with E-state index in [1.165, 1.54) is 7.11 Å². The lowest BCUT2D eigenvalue weighted by atomic mass is 9.72. The number of hydrogen-bond acceptors (Lipinski definition) is 10. The number of oxazole rings is 1. The Kier molecular flexibility index (Phi) is 8.53. The number of aromatic nitrogens is 1. The first-order valence-corrected chi connectivity index (χ1v) is 15.7. The number of carbonyl (C=O) groups is 4. The molecule has 0 saturated carbocycles. The predicted molar refractivity (Wildman–Crippen MR) is 169 cm³/mol. The molecule has 248 valence electrons. The van der Waals surface area contributed by atoms with Crippen LogP contribution < -0.4 is 26.0 Å². The van der Waals surface area contributed by atoms with Gasteiger partial charge in [-0.15, -0.1) is 0 Å². The Hall–Kier alpha value is -4.75. The summed E-state index contributed by atoms with van der Waals surface area (Å²) in [5, 5.41) is 22.3. The van der Waals surface area contributed by atoms with Gasteiger partial charge in [-0.3, -0.25) is 14.4 Å². The summed E-state index contributed by atoms with van der Waals surface area (Å²) in [6.45, 7) is 7.11. The van der Waals surface area contributed by atoms with Gasteiger partial charge in [0.15, 0.2) is 17.7 Å². The number of aldehydes is 1. The molecule has 6 atom stereocenters. The number of anilines is 1. The molecule has 4 bridgehead atoms. The Labute approximate surface area is 271 Å². The maximum Gasteiger partial charge on any atom is 0.274 e. The Morgan fingerprint density at radius 3 is 2.62 bits per heavy atom. The fourth-order valence-electron chi connectivity index (χ4n) is 6.55. The van der Waals surface area contributed by atoms with E-state index in [-0.39, 0.29) is 42.2 Å². The zero-order valence-electron chi connectivity index (χ0n) is 26.8. The molecule has 13 heteroatoms. The van der Waals surface area contributed by atoms with E-state index in [4.69, 9.17) is 18.9 Å². The van der Waals surface area contributed by atoms with Gasteiger partial charge in [0.2, 0.25) is 17.7 Å². The molecule has 4 heterocycles. The average molecular weight is 646 g/mol. The maximum absolute atomic E-state index is 14.0. The minimum atomic E-state index is -1.31. The van der Waals surface area contributed by atoms with Gasteiger partial charge >= 0.3 is 0 Å². The summed E-state index contributed by atoms with van der Waals surface area (Å²) in [5.74, 6) is -1.69. The Morgan fingerprint density at radius 2 is 1.91 bits per heavy atom. The SMILES string of the molecule is COC[C@@H](C=O)NC(=O)c1nc2oc1C13c4ccccc4NC1Oc1ccc(cc13)C[C@H](NC(=O)[C@@H](O)C(C)C)C(=O)N[C@H]2C(C)C. The highest BCUT2D eigenvalue weighted by Gasteiger charge is 2.61. The molecule has 13 nitrogen and oxygen atoms in total. The average Bonchev–Trinajstić information content (AvgIpc) is 3.71. The van der Waals surface area contributed by atoms with Crippen LogP contribution in [-0.2, 0) is 31.0 Å². The van der Waals surface area contributed by atoms with Crippen molar-refractivity contribution in [3.05, 3.63) is 76.5 Å².